The van der Waals surface area contributed by atoms with Crippen molar-refractivity contribution in [2.45, 2.75) is 38.1 Å². The largest absolute Gasteiger partial charge is 0.325 e. The first kappa shape index (κ1) is 21.2. The van der Waals surface area contributed by atoms with Crippen LogP contribution in [-0.2, 0) is 9.59 Å². The molecule has 2 fully saturated rings. The second-order valence-corrected chi connectivity index (χ2v) is 9.10. The van der Waals surface area contributed by atoms with Crippen molar-refractivity contribution < 1.29 is 14.4 Å². The average molecular weight is 439 g/mol. The predicted molar refractivity (Wildman–Crippen MR) is 121 cm³/mol. The highest BCUT2D eigenvalue weighted by molar-refractivity contribution is 7.14. The summed E-state index contributed by atoms with van der Waals surface area (Å²) in [6, 6.07) is 9.21. The SMILES string of the molecule is C=CCN(C(=O)CN1C(=O)NC2(CCC(C)CC2)C1=O)c1nc(-c2ccccc2)cs1. The van der Waals surface area contributed by atoms with Crippen molar-refractivity contribution in [1.82, 2.24) is 15.2 Å². The van der Waals surface area contributed by atoms with E-state index in [1.165, 1.54) is 16.2 Å². The van der Waals surface area contributed by atoms with Crippen LogP contribution in [0.25, 0.3) is 11.3 Å². The molecule has 2 aliphatic rings. The Morgan fingerprint density at radius 2 is 2.03 bits per heavy atom. The van der Waals surface area contributed by atoms with Gasteiger partial charge in [-0.1, -0.05) is 43.3 Å². The van der Waals surface area contributed by atoms with E-state index in [0.717, 1.165) is 29.0 Å². The number of hydrogen-bond acceptors (Lipinski definition) is 5. The maximum atomic E-state index is 13.1. The van der Waals surface area contributed by atoms with Gasteiger partial charge in [-0.3, -0.25) is 19.4 Å². The van der Waals surface area contributed by atoms with E-state index in [0.29, 0.717) is 23.9 Å². The van der Waals surface area contributed by atoms with Gasteiger partial charge in [0.05, 0.1) is 5.69 Å². The number of aromatic nitrogens is 1. The molecule has 31 heavy (non-hydrogen) atoms. The van der Waals surface area contributed by atoms with E-state index in [1.807, 2.05) is 35.7 Å². The maximum absolute atomic E-state index is 13.1. The Kier molecular flexibility index (Phi) is 5.91. The quantitative estimate of drug-likeness (QED) is 0.549. The van der Waals surface area contributed by atoms with Crippen LogP contribution >= 0.6 is 11.3 Å². The van der Waals surface area contributed by atoms with Gasteiger partial charge in [0.2, 0.25) is 5.91 Å². The van der Waals surface area contributed by atoms with Gasteiger partial charge in [-0.25, -0.2) is 9.78 Å². The van der Waals surface area contributed by atoms with Crippen molar-refractivity contribution in [3.63, 3.8) is 0 Å². The number of rotatable bonds is 6. The maximum Gasteiger partial charge on any atom is 0.325 e. The van der Waals surface area contributed by atoms with Crippen LogP contribution in [0.2, 0.25) is 0 Å². The van der Waals surface area contributed by atoms with Crippen LogP contribution in [0.5, 0.6) is 0 Å². The molecule has 4 amide bonds. The zero-order chi connectivity index (χ0) is 22.0. The summed E-state index contributed by atoms with van der Waals surface area (Å²) in [6.07, 6.45) is 4.62. The summed E-state index contributed by atoms with van der Waals surface area (Å²) in [4.78, 5) is 45.9. The van der Waals surface area contributed by atoms with Crippen LogP contribution in [-0.4, -0.2) is 46.4 Å². The van der Waals surface area contributed by atoms with Crippen molar-refractivity contribution in [3.8, 4) is 11.3 Å². The fourth-order valence-corrected chi connectivity index (χ4v) is 5.04. The first-order valence-electron chi connectivity index (χ1n) is 10.5. The molecule has 1 N–H and O–H groups in total. The molecule has 1 spiro atoms. The number of carbonyl (C=O) groups excluding carboxylic acids is 3. The summed E-state index contributed by atoms with van der Waals surface area (Å²) in [7, 11) is 0. The van der Waals surface area contributed by atoms with Crippen molar-refractivity contribution in [3.05, 3.63) is 48.4 Å². The molecule has 162 valence electrons. The highest BCUT2D eigenvalue weighted by atomic mass is 32.1. The molecule has 0 unspecified atom stereocenters. The molecule has 1 saturated carbocycles. The number of thiazole rings is 1. The minimum absolute atomic E-state index is 0.243. The summed E-state index contributed by atoms with van der Waals surface area (Å²) in [5, 5.41) is 5.26. The first-order chi connectivity index (χ1) is 14.9. The molecule has 1 aromatic carbocycles. The van der Waals surface area contributed by atoms with Gasteiger partial charge in [0.15, 0.2) is 5.13 Å². The fraction of sp³-hybridized carbons (Fsp3) is 0.391. The molecule has 0 atom stereocenters. The van der Waals surface area contributed by atoms with E-state index in [9.17, 15) is 14.4 Å². The summed E-state index contributed by atoms with van der Waals surface area (Å²) in [6.45, 7) is 5.82. The lowest BCUT2D eigenvalue weighted by atomic mass is 9.77. The number of imide groups is 1. The molecule has 1 aliphatic carbocycles. The lowest BCUT2D eigenvalue weighted by molar-refractivity contribution is -0.135. The second-order valence-electron chi connectivity index (χ2n) is 8.26. The Bertz CT molecular complexity index is 995. The number of anilines is 1. The van der Waals surface area contributed by atoms with Gasteiger partial charge < -0.3 is 5.32 Å². The highest BCUT2D eigenvalue weighted by Gasteiger charge is 2.52. The molecular weight excluding hydrogens is 412 g/mol. The van der Waals surface area contributed by atoms with E-state index >= 15 is 0 Å². The number of hydrogen-bond donors (Lipinski definition) is 1. The van der Waals surface area contributed by atoms with Gasteiger partial charge in [0.1, 0.15) is 12.1 Å². The topological polar surface area (TPSA) is 82.6 Å². The van der Waals surface area contributed by atoms with E-state index < -0.39 is 11.6 Å². The molecular formula is C23H26N4O3S. The lowest BCUT2D eigenvalue weighted by Gasteiger charge is -2.33. The number of amides is 4. The Hall–Kier alpha value is -3.00. The molecule has 0 bridgehead atoms. The van der Waals surface area contributed by atoms with Crippen LogP contribution in [0, 0.1) is 5.92 Å². The Balaban J connectivity index is 1.51. The zero-order valence-corrected chi connectivity index (χ0v) is 18.4. The normalized spacial score (nSPS) is 23.1. The monoisotopic (exact) mass is 438 g/mol. The molecule has 1 saturated heterocycles. The van der Waals surface area contributed by atoms with Crippen molar-refractivity contribution in [1.29, 1.82) is 0 Å². The van der Waals surface area contributed by atoms with Gasteiger partial charge in [-0.05, 0) is 31.6 Å². The number of benzene rings is 1. The Morgan fingerprint density at radius 3 is 2.71 bits per heavy atom. The number of nitrogens with zero attached hydrogens (tertiary/aromatic N) is 3. The van der Waals surface area contributed by atoms with Gasteiger partial charge in [0.25, 0.3) is 5.91 Å². The summed E-state index contributed by atoms with van der Waals surface area (Å²) < 4.78 is 0. The molecule has 1 aliphatic heterocycles. The van der Waals surface area contributed by atoms with Gasteiger partial charge in [0, 0.05) is 17.5 Å². The Labute approximate surface area is 185 Å². The number of nitrogens with one attached hydrogen (secondary N) is 1. The number of urea groups is 1. The van der Waals surface area contributed by atoms with E-state index in [1.54, 1.807) is 6.08 Å². The molecule has 4 rings (SSSR count). The lowest BCUT2D eigenvalue weighted by Crippen LogP contribution is -2.50. The molecule has 0 radical (unpaired) electrons. The zero-order valence-electron chi connectivity index (χ0n) is 17.5. The summed E-state index contributed by atoms with van der Waals surface area (Å²) >= 11 is 1.34. The smallest absolute Gasteiger partial charge is 0.323 e. The summed E-state index contributed by atoms with van der Waals surface area (Å²) in [5.41, 5.74) is 0.876. The minimum atomic E-state index is -0.852. The third-order valence-corrected chi connectivity index (χ3v) is 6.94. The minimum Gasteiger partial charge on any atom is -0.323 e. The fourth-order valence-electron chi connectivity index (χ4n) is 4.18. The third kappa shape index (κ3) is 4.12. The first-order valence-corrected chi connectivity index (χ1v) is 11.4. The molecule has 2 heterocycles. The van der Waals surface area contributed by atoms with E-state index in [-0.39, 0.29) is 24.9 Å². The summed E-state index contributed by atoms with van der Waals surface area (Å²) in [5.74, 6) is -0.114. The second kappa shape index (κ2) is 8.63. The highest BCUT2D eigenvalue weighted by Crippen LogP contribution is 2.36. The van der Waals surface area contributed by atoms with Crippen LogP contribution in [0.1, 0.15) is 32.6 Å². The van der Waals surface area contributed by atoms with Gasteiger partial charge in [-0.2, -0.15) is 0 Å². The van der Waals surface area contributed by atoms with Gasteiger partial charge in [-0.15, -0.1) is 17.9 Å². The van der Waals surface area contributed by atoms with E-state index in [4.69, 9.17) is 0 Å². The van der Waals surface area contributed by atoms with Crippen LogP contribution in [0.4, 0.5) is 9.93 Å². The molecule has 2 aromatic rings. The van der Waals surface area contributed by atoms with Crippen LogP contribution in [0.15, 0.2) is 48.4 Å². The van der Waals surface area contributed by atoms with Crippen LogP contribution < -0.4 is 10.2 Å². The molecule has 7 nitrogen and oxygen atoms in total. The number of carbonyl (C=O) groups is 3. The molecule has 1 aromatic heterocycles. The molecule has 8 heteroatoms. The Morgan fingerprint density at radius 1 is 1.32 bits per heavy atom. The van der Waals surface area contributed by atoms with E-state index in [2.05, 4.69) is 23.8 Å². The van der Waals surface area contributed by atoms with Crippen molar-refractivity contribution in [2.75, 3.05) is 18.0 Å². The van der Waals surface area contributed by atoms with Crippen molar-refractivity contribution >= 4 is 34.3 Å². The average Bonchev–Trinajstić information content (AvgIpc) is 3.34. The van der Waals surface area contributed by atoms with Gasteiger partial charge >= 0.3 is 6.03 Å². The standard InChI is InChI=1S/C23H26N4O3S/c1-3-13-26(22-24-18(15-31-22)17-7-5-4-6-8-17)19(28)14-27-20(29)23(25-21(27)30)11-9-16(2)10-12-23/h3-8,15-16H,1,9-14H2,2H3,(H,25,30). The third-order valence-electron chi connectivity index (χ3n) is 6.07. The van der Waals surface area contributed by atoms with Crippen LogP contribution in [0.3, 0.4) is 0 Å². The van der Waals surface area contributed by atoms with Crippen molar-refractivity contribution in [2.24, 2.45) is 5.92 Å². The predicted octanol–water partition coefficient (Wildman–Crippen LogP) is 3.83.